The van der Waals surface area contributed by atoms with E-state index in [0.29, 0.717) is 19.5 Å². The second-order valence-electron chi connectivity index (χ2n) is 3.87. The number of aryl methyl sites for hydroxylation is 1. The summed E-state index contributed by atoms with van der Waals surface area (Å²) in [6, 6.07) is 0. The molecular weight excluding hydrogens is 228 g/mol. The van der Waals surface area contributed by atoms with Crippen LogP contribution in [0.3, 0.4) is 0 Å². The van der Waals surface area contributed by atoms with Crippen LogP contribution >= 0.6 is 0 Å². The van der Waals surface area contributed by atoms with Gasteiger partial charge in [-0.3, -0.25) is 0 Å². The highest BCUT2D eigenvalue weighted by Crippen LogP contribution is 2.22. The summed E-state index contributed by atoms with van der Waals surface area (Å²) in [4.78, 5) is 3.92. The lowest BCUT2D eigenvalue weighted by atomic mass is 10.3. The van der Waals surface area contributed by atoms with Gasteiger partial charge in [0.05, 0.1) is 12.5 Å². The molecule has 0 aliphatic carbocycles. The SMILES string of the molecule is CCn1cnc(S(=O)(=O)N2CCCC2N)c1. The summed E-state index contributed by atoms with van der Waals surface area (Å²) in [6.45, 7) is 3.12. The van der Waals surface area contributed by atoms with Gasteiger partial charge >= 0.3 is 0 Å². The van der Waals surface area contributed by atoms with Crippen LogP contribution in [0.25, 0.3) is 0 Å². The number of nitrogens with zero attached hydrogens (tertiary/aromatic N) is 3. The fraction of sp³-hybridized carbons (Fsp3) is 0.667. The topological polar surface area (TPSA) is 81.2 Å². The minimum absolute atomic E-state index is 0.0895. The maximum absolute atomic E-state index is 12.1. The predicted molar refractivity (Wildman–Crippen MR) is 59.0 cm³/mol. The number of rotatable bonds is 3. The third-order valence-electron chi connectivity index (χ3n) is 2.80. The number of imidazole rings is 1. The Kier molecular flexibility index (Phi) is 3.00. The summed E-state index contributed by atoms with van der Waals surface area (Å²) in [6.07, 6.45) is 4.19. The van der Waals surface area contributed by atoms with Gasteiger partial charge in [0, 0.05) is 19.3 Å². The molecule has 0 amide bonds. The molecule has 1 saturated heterocycles. The smallest absolute Gasteiger partial charge is 0.263 e. The second kappa shape index (κ2) is 4.15. The van der Waals surface area contributed by atoms with E-state index in [-0.39, 0.29) is 5.03 Å². The average molecular weight is 244 g/mol. The summed E-state index contributed by atoms with van der Waals surface area (Å²) in [5.41, 5.74) is 5.75. The van der Waals surface area contributed by atoms with Gasteiger partial charge in [-0.1, -0.05) is 0 Å². The molecule has 0 radical (unpaired) electrons. The molecule has 1 fully saturated rings. The molecule has 7 heteroatoms. The first kappa shape index (κ1) is 11.6. The van der Waals surface area contributed by atoms with Crippen LogP contribution in [0.15, 0.2) is 17.6 Å². The fourth-order valence-corrected chi connectivity index (χ4v) is 3.35. The Morgan fingerprint density at radius 1 is 1.62 bits per heavy atom. The Morgan fingerprint density at radius 3 is 2.88 bits per heavy atom. The Hall–Kier alpha value is -0.920. The lowest BCUT2D eigenvalue weighted by molar-refractivity contribution is 0.394. The highest BCUT2D eigenvalue weighted by atomic mass is 32.2. The molecule has 6 nitrogen and oxygen atoms in total. The lowest BCUT2D eigenvalue weighted by Crippen LogP contribution is -2.41. The third-order valence-corrected chi connectivity index (χ3v) is 4.61. The highest BCUT2D eigenvalue weighted by Gasteiger charge is 2.34. The Balaban J connectivity index is 2.31. The van der Waals surface area contributed by atoms with Crippen LogP contribution < -0.4 is 5.73 Å². The molecule has 2 heterocycles. The molecule has 1 aromatic heterocycles. The van der Waals surface area contributed by atoms with E-state index < -0.39 is 16.2 Å². The normalized spacial score (nSPS) is 22.8. The first-order valence-corrected chi connectivity index (χ1v) is 6.79. The van der Waals surface area contributed by atoms with E-state index in [1.54, 1.807) is 10.8 Å². The van der Waals surface area contributed by atoms with Crippen molar-refractivity contribution in [3.63, 3.8) is 0 Å². The molecule has 1 unspecified atom stereocenters. The van der Waals surface area contributed by atoms with E-state index in [0.717, 1.165) is 6.42 Å². The minimum Gasteiger partial charge on any atom is -0.336 e. The fourth-order valence-electron chi connectivity index (χ4n) is 1.83. The number of hydrogen-bond donors (Lipinski definition) is 1. The zero-order chi connectivity index (χ0) is 11.8. The molecule has 2 rings (SSSR count). The molecule has 2 N–H and O–H groups in total. The van der Waals surface area contributed by atoms with Crippen LogP contribution in [0.2, 0.25) is 0 Å². The van der Waals surface area contributed by atoms with Gasteiger partial charge in [0.15, 0.2) is 5.03 Å². The van der Waals surface area contributed by atoms with Gasteiger partial charge in [-0.2, -0.15) is 4.31 Å². The Bertz CT molecular complexity index is 468. The largest absolute Gasteiger partial charge is 0.336 e. The number of hydrogen-bond acceptors (Lipinski definition) is 4. The van der Waals surface area contributed by atoms with Crippen molar-refractivity contribution < 1.29 is 8.42 Å². The quantitative estimate of drug-likeness (QED) is 0.809. The molecule has 90 valence electrons. The Labute approximate surface area is 95.1 Å². The van der Waals surface area contributed by atoms with Crippen molar-refractivity contribution in [3.8, 4) is 0 Å². The maximum Gasteiger partial charge on any atom is 0.263 e. The molecular formula is C9H16N4O2S. The van der Waals surface area contributed by atoms with Gasteiger partial charge in [0.2, 0.25) is 0 Å². The van der Waals surface area contributed by atoms with Crippen LogP contribution in [-0.4, -0.2) is 35.0 Å². The molecule has 1 aromatic rings. The van der Waals surface area contributed by atoms with Gasteiger partial charge in [-0.15, -0.1) is 0 Å². The van der Waals surface area contributed by atoms with Crippen molar-refractivity contribution in [1.29, 1.82) is 0 Å². The number of sulfonamides is 1. The highest BCUT2D eigenvalue weighted by molar-refractivity contribution is 7.89. The number of nitrogens with two attached hydrogens (primary N) is 1. The molecule has 0 spiro atoms. The maximum atomic E-state index is 12.1. The van der Waals surface area contributed by atoms with Gasteiger partial charge < -0.3 is 10.3 Å². The summed E-state index contributed by atoms with van der Waals surface area (Å²) in [5.74, 6) is 0. The van der Waals surface area contributed by atoms with Crippen LogP contribution in [-0.2, 0) is 16.6 Å². The predicted octanol–water partition coefficient (Wildman–Crippen LogP) is -0.0277. The van der Waals surface area contributed by atoms with E-state index in [9.17, 15) is 8.42 Å². The molecule has 1 atom stereocenters. The first-order chi connectivity index (χ1) is 7.55. The molecule has 1 aliphatic heterocycles. The third kappa shape index (κ3) is 1.85. The average Bonchev–Trinajstić information content (AvgIpc) is 2.85. The summed E-state index contributed by atoms with van der Waals surface area (Å²) >= 11 is 0. The van der Waals surface area contributed by atoms with Crippen molar-refractivity contribution in [1.82, 2.24) is 13.9 Å². The van der Waals surface area contributed by atoms with Crippen molar-refractivity contribution in [3.05, 3.63) is 12.5 Å². The van der Waals surface area contributed by atoms with Crippen LogP contribution in [0, 0.1) is 0 Å². The lowest BCUT2D eigenvalue weighted by Gasteiger charge is -2.18. The van der Waals surface area contributed by atoms with Crippen LogP contribution in [0.4, 0.5) is 0 Å². The first-order valence-electron chi connectivity index (χ1n) is 5.35. The van der Waals surface area contributed by atoms with Gasteiger partial charge in [-0.25, -0.2) is 13.4 Å². The van der Waals surface area contributed by atoms with E-state index >= 15 is 0 Å². The van der Waals surface area contributed by atoms with Gasteiger partial charge in [-0.05, 0) is 19.8 Å². The minimum atomic E-state index is -3.50. The molecule has 16 heavy (non-hydrogen) atoms. The molecule has 0 saturated carbocycles. The molecule has 1 aliphatic rings. The summed E-state index contributed by atoms with van der Waals surface area (Å²) < 4.78 is 27.3. The van der Waals surface area contributed by atoms with E-state index in [1.165, 1.54) is 10.6 Å². The second-order valence-corrected chi connectivity index (χ2v) is 5.71. The van der Waals surface area contributed by atoms with Crippen molar-refractivity contribution in [2.24, 2.45) is 5.73 Å². The van der Waals surface area contributed by atoms with Crippen molar-refractivity contribution in [2.75, 3.05) is 6.54 Å². The van der Waals surface area contributed by atoms with Crippen molar-refractivity contribution >= 4 is 10.0 Å². The number of aromatic nitrogens is 2. The zero-order valence-electron chi connectivity index (χ0n) is 9.20. The summed E-state index contributed by atoms with van der Waals surface area (Å²) in [7, 11) is -3.50. The Morgan fingerprint density at radius 2 is 2.38 bits per heavy atom. The van der Waals surface area contributed by atoms with Gasteiger partial charge in [0.1, 0.15) is 0 Å². The summed E-state index contributed by atoms with van der Waals surface area (Å²) in [5, 5.41) is 0.0895. The monoisotopic (exact) mass is 244 g/mol. The van der Waals surface area contributed by atoms with Crippen LogP contribution in [0.5, 0.6) is 0 Å². The van der Waals surface area contributed by atoms with Crippen LogP contribution in [0.1, 0.15) is 19.8 Å². The van der Waals surface area contributed by atoms with Gasteiger partial charge in [0.25, 0.3) is 10.0 Å². The zero-order valence-corrected chi connectivity index (χ0v) is 10.0. The van der Waals surface area contributed by atoms with E-state index in [4.69, 9.17) is 5.73 Å². The van der Waals surface area contributed by atoms with E-state index in [2.05, 4.69) is 4.98 Å². The molecule has 0 aromatic carbocycles. The molecule has 0 bridgehead atoms. The van der Waals surface area contributed by atoms with E-state index in [1.807, 2.05) is 6.92 Å². The standard InChI is InChI=1S/C9H16N4O2S/c1-2-12-6-9(11-7-12)16(14,15)13-5-3-4-8(13)10/h6-8H,2-5,10H2,1H3. The van der Waals surface area contributed by atoms with Crippen molar-refractivity contribution in [2.45, 2.75) is 37.5 Å².